The number of halogens is 2. The molecule has 2 atom stereocenters. The van der Waals surface area contributed by atoms with Crippen molar-refractivity contribution in [2.24, 2.45) is 5.92 Å². The molecule has 0 bridgehead atoms. The maximum atomic E-state index is 13.0. The first-order chi connectivity index (χ1) is 10.5. The van der Waals surface area contributed by atoms with Crippen LogP contribution in [0.25, 0.3) is 0 Å². The maximum absolute atomic E-state index is 13.0. The van der Waals surface area contributed by atoms with Gasteiger partial charge in [-0.15, -0.1) is 0 Å². The molecule has 1 aliphatic rings. The summed E-state index contributed by atoms with van der Waals surface area (Å²) < 4.78 is 18.2. The molecule has 0 aliphatic carbocycles. The third kappa shape index (κ3) is 4.42. The lowest BCUT2D eigenvalue weighted by molar-refractivity contribution is -0.145. The topological polar surface area (TPSA) is 75.6 Å². The number of amides is 1. The lowest BCUT2D eigenvalue weighted by Gasteiger charge is -2.28. The van der Waals surface area contributed by atoms with Crippen LogP contribution in [-0.4, -0.2) is 36.2 Å². The number of carbonyl (C=O) groups excluding carboxylic acids is 1. The number of benzene rings is 1. The summed E-state index contributed by atoms with van der Waals surface area (Å²) in [6.45, 7) is 0.927. The first-order valence-corrected chi connectivity index (χ1v) is 7.39. The molecule has 1 heterocycles. The molecule has 2 N–H and O–H groups in total. The molecule has 7 heteroatoms. The first-order valence-electron chi connectivity index (χ1n) is 7.01. The van der Waals surface area contributed by atoms with E-state index in [9.17, 15) is 19.1 Å². The van der Waals surface area contributed by atoms with Crippen molar-refractivity contribution >= 4 is 23.5 Å². The molecule has 0 aromatic heterocycles. The Hall–Kier alpha value is -1.66. The zero-order valence-corrected chi connectivity index (χ0v) is 12.6. The normalized spacial score (nSPS) is 19.5. The summed E-state index contributed by atoms with van der Waals surface area (Å²) in [5.41, 5.74) is 0.449. The Bertz CT molecular complexity index is 560. The van der Waals surface area contributed by atoms with Crippen LogP contribution in [-0.2, 0) is 20.7 Å². The number of carboxylic acid groups (broad SMARTS) is 1. The van der Waals surface area contributed by atoms with E-state index in [1.807, 2.05) is 0 Å². The van der Waals surface area contributed by atoms with E-state index in [0.717, 1.165) is 12.5 Å². The van der Waals surface area contributed by atoms with Crippen LogP contribution < -0.4 is 5.32 Å². The summed E-state index contributed by atoms with van der Waals surface area (Å²) in [4.78, 5) is 23.4. The number of carbonyl (C=O) groups is 2. The first kappa shape index (κ1) is 16.7. The van der Waals surface area contributed by atoms with Gasteiger partial charge in [0, 0.05) is 17.5 Å². The average Bonchev–Trinajstić information content (AvgIpc) is 2.48. The second-order valence-corrected chi connectivity index (χ2v) is 5.68. The molecular weight excluding hydrogens is 313 g/mol. The van der Waals surface area contributed by atoms with E-state index in [0.29, 0.717) is 25.2 Å². The molecule has 2 rings (SSSR count). The number of aliphatic carboxylic acids is 1. The monoisotopic (exact) mass is 329 g/mol. The molecule has 1 saturated heterocycles. The molecule has 0 saturated carbocycles. The fourth-order valence-electron chi connectivity index (χ4n) is 2.47. The zero-order chi connectivity index (χ0) is 16.1. The van der Waals surface area contributed by atoms with Crippen LogP contribution in [0.5, 0.6) is 0 Å². The van der Waals surface area contributed by atoms with Crippen molar-refractivity contribution in [1.29, 1.82) is 0 Å². The minimum Gasteiger partial charge on any atom is -0.480 e. The van der Waals surface area contributed by atoms with Gasteiger partial charge >= 0.3 is 5.97 Å². The second-order valence-electron chi connectivity index (χ2n) is 5.27. The minimum atomic E-state index is -1.09. The average molecular weight is 330 g/mol. The molecule has 2 unspecified atom stereocenters. The molecule has 22 heavy (non-hydrogen) atoms. The van der Waals surface area contributed by atoms with Crippen LogP contribution in [0.1, 0.15) is 18.4 Å². The number of nitrogens with one attached hydrogen (secondary N) is 1. The highest BCUT2D eigenvalue weighted by Crippen LogP contribution is 2.20. The van der Waals surface area contributed by atoms with Crippen LogP contribution >= 0.6 is 11.6 Å². The Morgan fingerprint density at radius 2 is 2.27 bits per heavy atom. The van der Waals surface area contributed by atoms with Gasteiger partial charge in [-0.2, -0.15) is 0 Å². The smallest absolute Gasteiger partial charge is 0.326 e. The predicted octanol–water partition coefficient (Wildman–Crippen LogP) is 2.02. The van der Waals surface area contributed by atoms with Crippen molar-refractivity contribution < 1.29 is 23.8 Å². The minimum absolute atomic E-state index is 0.101. The SMILES string of the molecule is O=C(Cc1ccc(F)cc1Cl)NC(C(=O)O)C1CCCOC1. The van der Waals surface area contributed by atoms with Gasteiger partial charge in [0.25, 0.3) is 0 Å². The molecular formula is C15H17ClFNO4. The molecule has 5 nitrogen and oxygen atoms in total. The Balaban J connectivity index is 2.00. The molecule has 1 aliphatic heterocycles. The van der Waals surface area contributed by atoms with Crippen molar-refractivity contribution in [3.05, 3.63) is 34.6 Å². The summed E-state index contributed by atoms with van der Waals surface area (Å²) in [6, 6.07) is 2.75. The number of carboxylic acids is 1. The lowest BCUT2D eigenvalue weighted by atomic mass is 9.93. The van der Waals surface area contributed by atoms with Crippen LogP contribution in [0, 0.1) is 11.7 Å². The molecule has 1 aromatic carbocycles. The summed E-state index contributed by atoms with van der Waals surface area (Å²) in [6.07, 6.45) is 1.36. The van der Waals surface area contributed by atoms with E-state index >= 15 is 0 Å². The molecule has 0 radical (unpaired) electrons. The van der Waals surface area contributed by atoms with Crippen LogP contribution in [0.4, 0.5) is 4.39 Å². The van der Waals surface area contributed by atoms with Gasteiger partial charge in [-0.1, -0.05) is 17.7 Å². The van der Waals surface area contributed by atoms with Gasteiger partial charge in [-0.3, -0.25) is 4.79 Å². The van der Waals surface area contributed by atoms with E-state index in [4.69, 9.17) is 16.3 Å². The summed E-state index contributed by atoms with van der Waals surface area (Å²) >= 11 is 5.87. The van der Waals surface area contributed by atoms with Crippen LogP contribution in [0.3, 0.4) is 0 Å². The fraction of sp³-hybridized carbons (Fsp3) is 0.467. The zero-order valence-electron chi connectivity index (χ0n) is 11.9. The van der Waals surface area contributed by atoms with E-state index < -0.39 is 23.7 Å². The standard InChI is InChI=1S/C15H17ClFNO4/c16-12-7-11(17)4-3-9(12)6-13(19)18-14(15(20)21)10-2-1-5-22-8-10/h3-4,7,10,14H,1-2,5-6,8H2,(H,18,19)(H,20,21). The van der Waals surface area contributed by atoms with Gasteiger partial charge in [0.2, 0.25) is 5.91 Å². The highest BCUT2D eigenvalue weighted by Gasteiger charge is 2.31. The quantitative estimate of drug-likeness (QED) is 0.866. The third-order valence-corrected chi connectivity index (χ3v) is 3.97. The van der Waals surface area contributed by atoms with E-state index in [-0.39, 0.29) is 17.4 Å². The van der Waals surface area contributed by atoms with Crippen molar-refractivity contribution in [3.63, 3.8) is 0 Å². The van der Waals surface area contributed by atoms with Gasteiger partial charge < -0.3 is 15.2 Å². The molecule has 1 fully saturated rings. The Morgan fingerprint density at radius 1 is 1.50 bits per heavy atom. The number of rotatable bonds is 5. The number of ether oxygens (including phenoxy) is 1. The van der Waals surface area contributed by atoms with Gasteiger partial charge in [0.05, 0.1) is 13.0 Å². The van der Waals surface area contributed by atoms with E-state index in [2.05, 4.69) is 5.32 Å². The molecule has 0 spiro atoms. The Labute approximate surface area is 132 Å². The Kier molecular flexibility index (Phi) is 5.74. The highest BCUT2D eigenvalue weighted by molar-refractivity contribution is 6.31. The second kappa shape index (κ2) is 7.56. The van der Waals surface area contributed by atoms with E-state index in [1.165, 1.54) is 12.1 Å². The Morgan fingerprint density at radius 3 is 2.86 bits per heavy atom. The summed E-state index contributed by atoms with van der Waals surface area (Å²) in [5.74, 6) is -2.30. The third-order valence-electron chi connectivity index (χ3n) is 3.62. The van der Waals surface area contributed by atoms with Crippen molar-refractivity contribution in [1.82, 2.24) is 5.32 Å². The number of hydrogen-bond donors (Lipinski definition) is 2. The van der Waals surface area contributed by atoms with Crippen molar-refractivity contribution in [3.8, 4) is 0 Å². The van der Waals surface area contributed by atoms with Crippen molar-refractivity contribution in [2.45, 2.75) is 25.3 Å². The van der Waals surface area contributed by atoms with Gasteiger partial charge in [-0.25, -0.2) is 9.18 Å². The fourth-order valence-corrected chi connectivity index (χ4v) is 2.71. The largest absolute Gasteiger partial charge is 0.480 e. The van der Waals surface area contributed by atoms with Gasteiger partial charge in [0.1, 0.15) is 11.9 Å². The maximum Gasteiger partial charge on any atom is 0.326 e. The lowest BCUT2D eigenvalue weighted by Crippen LogP contribution is -2.48. The van der Waals surface area contributed by atoms with E-state index in [1.54, 1.807) is 0 Å². The van der Waals surface area contributed by atoms with Gasteiger partial charge in [-0.05, 0) is 30.5 Å². The van der Waals surface area contributed by atoms with Gasteiger partial charge in [0.15, 0.2) is 0 Å². The predicted molar refractivity (Wildman–Crippen MR) is 78.2 cm³/mol. The summed E-state index contributed by atoms with van der Waals surface area (Å²) in [5, 5.41) is 11.9. The molecule has 1 aromatic rings. The molecule has 120 valence electrons. The number of hydrogen-bond acceptors (Lipinski definition) is 3. The van der Waals surface area contributed by atoms with Crippen LogP contribution in [0.2, 0.25) is 5.02 Å². The molecule has 1 amide bonds. The summed E-state index contributed by atoms with van der Waals surface area (Å²) in [7, 11) is 0. The highest BCUT2D eigenvalue weighted by atomic mass is 35.5. The van der Waals surface area contributed by atoms with Crippen LogP contribution in [0.15, 0.2) is 18.2 Å². The van der Waals surface area contributed by atoms with Crippen molar-refractivity contribution in [2.75, 3.05) is 13.2 Å².